The van der Waals surface area contributed by atoms with Gasteiger partial charge in [0.25, 0.3) is 5.91 Å². The van der Waals surface area contributed by atoms with Crippen LogP contribution in [0.5, 0.6) is 5.75 Å². The van der Waals surface area contributed by atoms with Crippen molar-refractivity contribution >= 4 is 5.91 Å². The molecule has 104 valence electrons. The molecule has 1 aliphatic carbocycles. The maximum atomic E-state index is 13.6. The Kier molecular flexibility index (Phi) is 3.99. The number of benzene rings is 1. The molecule has 1 unspecified atom stereocenters. The van der Waals surface area contributed by atoms with Crippen molar-refractivity contribution < 1.29 is 18.3 Å². The predicted molar refractivity (Wildman–Crippen MR) is 65.5 cm³/mol. The SMILES string of the molecule is CC(Oc1c(F)cc(CN)cc1F)C(=O)NC1CC1. The van der Waals surface area contributed by atoms with Gasteiger partial charge in [-0.2, -0.15) is 0 Å². The van der Waals surface area contributed by atoms with Gasteiger partial charge in [-0.3, -0.25) is 4.79 Å². The zero-order chi connectivity index (χ0) is 14.0. The third-order valence-corrected chi connectivity index (χ3v) is 2.88. The summed E-state index contributed by atoms with van der Waals surface area (Å²) >= 11 is 0. The average molecular weight is 270 g/mol. The normalized spacial score (nSPS) is 16.0. The van der Waals surface area contributed by atoms with Gasteiger partial charge < -0.3 is 15.8 Å². The number of carbonyl (C=O) groups is 1. The lowest BCUT2D eigenvalue weighted by Crippen LogP contribution is -2.37. The van der Waals surface area contributed by atoms with E-state index in [1.807, 2.05) is 0 Å². The molecular formula is C13H16F2N2O2. The molecule has 0 aliphatic heterocycles. The number of amides is 1. The van der Waals surface area contributed by atoms with E-state index < -0.39 is 23.5 Å². The Morgan fingerprint density at radius 2 is 2.05 bits per heavy atom. The van der Waals surface area contributed by atoms with Crippen molar-refractivity contribution in [2.24, 2.45) is 5.73 Å². The highest BCUT2D eigenvalue weighted by molar-refractivity contribution is 5.81. The average Bonchev–Trinajstić information content (AvgIpc) is 3.16. The number of nitrogens with two attached hydrogens (primary N) is 1. The van der Waals surface area contributed by atoms with Gasteiger partial charge in [0.05, 0.1) is 0 Å². The Morgan fingerprint density at radius 1 is 1.47 bits per heavy atom. The van der Waals surface area contributed by atoms with E-state index in [0.29, 0.717) is 5.56 Å². The van der Waals surface area contributed by atoms with E-state index >= 15 is 0 Å². The van der Waals surface area contributed by atoms with Gasteiger partial charge in [0.15, 0.2) is 23.5 Å². The van der Waals surface area contributed by atoms with Gasteiger partial charge in [0.1, 0.15) is 0 Å². The second-order valence-corrected chi connectivity index (χ2v) is 4.64. The molecule has 1 aromatic rings. The fourth-order valence-electron chi connectivity index (χ4n) is 1.62. The molecule has 0 heterocycles. The Hall–Kier alpha value is -1.69. The molecule has 0 radical (unpaired) electrons. The number of rotatable bonds is 5. The predicted octanol–water partition coefficient (Wildman–Crippen LogP) is 1.47. The molecule has 2 rings (SSSR count). The van der Waals surface area contributed by atoms with Gasteiger partial charge in [-0.15, -0.1) is 0 Å². The molecule has 6 heteroatoms. The lowest BCUT2D eigenvalue weighted by Gasteiger charge is -2.16. The van der Waals surface area contributed by atoms with Gasteiger partial charge >= 0.3 is 0 Å². The summed E-state index contributed by atoms with van der Waals surface area (Å²) in [5.74, 6) is -2.63. The van der Waals surface area contributed by atoms with E-state index in [-0.39, 0.29) is 18.5 Å². The first kappa shape index (κ1) is 13.7. The molecule has 0 bridgehead atoms. The highest BCUT2D eigenvalue weighted by Gasteiger charge is 2.27. The summed E-state index contributed by atoms with van der Waals surface area (Å²) in [7, 11) is 0. The van der Waals surface area contributed by atoms with Crippen LogP contribution in [-0.4, -0.2) is 18.1 Å². The van der Waals surface area contributed by atoms with Crippen LogP contribution in [-0.2, 0) is 11.3 Å². The first-order valence-corrected chi connectivity index (χ1v) is 6.16. The zero-order valence-corrected chi connectivity index (χ0v) is 10.6. The molecule has 1 aliphatic rings. The fraction of sp³-hybridized carbons (Fsp3) is 0.462. The number of hydrogen-bond acceptors (Lipinski definition) is 3. The number of halogens is 2. The summed E-state index contributed by atoms with van der Waals surface area (Å²) in [5.41, 5.74) is 5.64. The molecule has 0 saturated heterocycles. The fourth-order valence-corrected chi connectivity index (χ4v) is 1.62. The Labute approximate surface area is 109 Å². The van der Waals surface area contributed by atoms with Crippen molar-refractivity contribution in [2.75, 3.05) is 0 Å². The van der Waals surface area contributed by atoms with E-state index in [4.69, 9.17) is 10.5 Å². The summed E-state index contributed by atoms with van der Waals surface area (Å²) < 4.78 is 32.4. The molecule has 1 fully saturated rings. The van der Waals surface area contributed by atoms with E-state index in [0.717, 1.165) is 25.0 Å². The van der Waals surface area contributed by atoms with Crippen LogP contribution < -0.4 is 15.8 Å². The van der Waals surface area contributed by atoms with Gasteiger partial charge in [0, 0.05) is 12.6 Å². The van der Waals surface area contributed by atoms with Crippen LogP contribution >= 0.6 is 0 Å². The third kappa shape index (κ3) is 3.41. The van der Waals surface area contributed by atoms with Crippen LogP contribution in [0.3, 0.4) is 0 Å². The minimum absolute atomic E-state index is 0.0336. The summed E-state index contributed by atoms with van der Waals surface area (Å²) in [5, 5.41) is 2.71. The molecule has 4 nitrogen and oxygen atoms in total. The quantitative estimate of drug-likeness (QED) is 0.851. The van der Waals surface area contributed by atoms with E-state index in [1.54, 1.807) is 0 Å². The summed E-state index contributed by atoms with van der Waals surface area (Å²) in [6, 6.07) is 2.38. The zero-order valence-electron chi connectivity index (χ0n) is 10.6. The summed E-state index contributed by atoms with van der Waals surface area (Å²) in [6.45, 7) is 1.49. The van der Waals surface area contributed by atoms with Crippen LogP contribution in [0.15, 0.2) is 12.1 Å². The van der Waals surface area contributed by atoms with E-state index in [1.165, 1.54) is 6.92 Å². The molecule has 0 spiro atoms. The van der Waals surface area contributed by atoms with Crippen LogP contribution in [0.2, 0.25) is 0 Å². The molecule has 19 heavy (non-hydrogen) atoms. The molecule has 1 aromatic carbocycles. The van der Waals surface area contributed by atoms with Crippen LogP contribution in [0.25, 0.3) is 0 Å². The molecule has 1 saturated carbocycles. The van der Waals surface area contributed by atoms with Crippen molar-refractivity contribution in [2.45, 2.75) is 38.5 Å². The van der Waals surface area contributed by atoms with Crippen molar-refractivity contribution in [3.8, 4) is 5.75 Å². The van der Waals surface area contributed by atoms with Gasteiger partial charge in [-0.05, 0) is 37.5 Å². The monoisotopic (exact) mass is 270 g/mol. The van der Waals surface area contributed by atoms with Crippen molar-refractivity contribution in [1.82, 2.24) is 5.32 Å². The maximum absolute atomic E-state index is 13.6. The summed E-state index contributed by atoms with van der Waals surface area (Å²) in [4.78, 5) is 11.6. The lowest BCUT2D eigenvalue weighted by molar-refractivity contribution is -0.127. The third-order valence-electron chi connectivity index (χ3n) is 2.88. The standard InChI is InChI=1S/C13H16F2N2O2/c1-7(13(18)17-9-2-3-9)19-12-10(14)4-8(6-16)5-11(12)15/h4-5,7,9H,2-3,6,16H2,1H3,(H,17,18). The molecule has 3 N–H and O–H groups in total. The molecule has 1 atom stereocenters. The van der Waals surface area contributed by atoms with Gasteiger partial charge in [-0.25, -0.2) is 8.78 Å². The molecular weight excluding hydrogens is 254 g/mol. The number of ether oxygens (including phenoxy) is 1. The first-order chi connectivity index (χ1) is 9.01. The molecule has 0 aromatic heterocycles. The largest absolute Gasteiger partial charge is 0.475 e. The van der Waals surface area contributed by atoms with Crippen LogP contribution in [0.1, 0.15) is 25.3 Å². The van der Waals surface area contributed by atoms with E-state index in [9.17, 15) is 13.6 Å². The second kappa shape index (κ2) is 5.52. The summed E-state index contributed by atoms with van der Waals surface area (Å²) in [6.07, 6.45) is 0.923. The topological polar surface area (TPSA) is 64.3 Å². The smallest absolute Gasteiger partial charge is 0.261 e. The first-order valence-electron chi connectivity index (χ1n) is 6.16. The Balaban J connectivity index is 2.07. The van der Waals surface area contributed by atoms with Crippen molar-refractivity contribution in [3.63, 3.8) is 0 Å². The lowest BCUT2D eigenvalue weighted by atomic mass is 10.2. The Morgan fingerprint density at radius 3 is 2.53 bits per heavy atom. The van der Waals surface area contributed by atoms with Crippen LogP contribution in [0.4, 0.5) is 8.78 Å². The highest BCUT2D eigenvalue weighted by atomic mass is 19.1. The number of hydrogen-bond donors (Lipinski definition) is 2. The molecule has 1 amide bonds. The van der Waals surface area contributed by atoms with Crippen molar-refractivity contribution in [3.05, 3.63) is 29.3 Å². The van der Waals surface area contributed by atoms with E-state index in [2.05, 4.69) is 5.32 Å². The minimum Gasteiger partial charge on any atom is -0.475 e. The maximum Gasteiger partial charge on any atom is 0.261 e. The Bertz CT molecular complexity index is 467. The highest BCUT2D eigenvalue weighted by Crippen LogP contribution is 2.25. The van der Waals surface area contributed by atoms with Crippen LogP contribution in [0, 0.1) is 11.6 Å². The van der Waals surface area contributed by atoms with Crippen molar-refractivity contribution in [1.29, 1.82) is 0 Å². The minimum atomic E-state index is -0.951. The van der Waals surface area contributed by atoms with Gasteiger partial charge in [-0.1, -0.05) is 0 Å². The number of carbonyl (C=O) groups excluding carboxylic acids is 1. The van der Waals surface area contributed by atoms with Gasteiger partial charge in [0.2, 0.25) is 0 Å². The second-order valence-electron chi connectivity index (χ2n) is 4.64. The number of nitrogens with one attached hydrogen (secondary N) is 1.